The lowest BCUT2D eigenvalue weighted by Gasteiger charge is -2.23. The molecule has 0 spiro atoms. The van der Waals surface area contributed by atoms with E-state index in [0.29, 0.717) is 23.5 Å². The molecule has 1 N–H and O–H groups in total. The molecule has 2 aliphatic heterocycles. The maximum atomic E-state index is 6.14. The van der Waals surface area contributed by atoms with Crippen LogP contribution in [0.2, 0.25) is 0 Å². The van der Waals surface area contributed by atoms with Gasteiger partial charge in [-0.25, -0.2) is 15.0 Å². The molecular formula is C20H23N5O3. The van der Waals surface area contributed by atoms with E-state index in [-0.39, 0.29) is 24.5 Å². The van der Waals surface area contributed by atoms with Crippen LogP contribution in [0, 0.1) is 0 Å². The Balaban J connectivity index is 1.44. The second-order valence-electron chi connectivity index (χ2n) is 7.68. The summed E-state index contributed by atoms with van der Waals surface area (Å²) >= 11 is 0. The van der Waals surface area contributed by atoms with Crippen molar-refractivity contribution in [2.45, 2.75) is 57.6 Å². The van der Waals surface area contributed by atoms with Gasteiger partial charge in [0, 0.05) is 6.54 Å². The van der Waals surface area contributed by atoms with Gasteiger partial charge in [-0.3, -0.25) is 4.57 Å². The van der Waals surface area contributed by atoms with Crippen molar-refractivity contribution in [2.24, 2.45) is 0 Å². The van der Waals surface area contributed by atoms with E-state index in [9.17, 15) is 0 Å². The van der Waals surface area contributed by atoms with Gasteiger partial charge < -0.3 is 19.5 Å². The summed E-state index contributed by atoms with van der Waals surface area (Å²) in [5.74, 6) is 0.0680. The maximum Gasteiger partial charge on any atom is 0.167 e. The monoisotopic (exact) mass is 381 g/mol. The highest BCUT2D eigenvalue weighted by Crippen LogP contribution is 2.43. The number of nitrogens with one attached hydrogen (secondary N) is 1. The summed E-state index contributed by atoms with van der Waals surface area (Å²) in [6.45, 7) is 6.51. The van der Waals surface area contributed by atoms with Gasteiger partial charge in [0.05, 0.1) is 12.4 Å². The molecule has 8 nitrogen and oxygen atoms in total. The Morgan fingerprint density at radius 1 is 1.07 bits per heavy atom. The van der Waals surface area contributed by atoms with Gasteiger partial charge in [0.15, 0.2) is 29.0 Å². The molecular weight excluding hydrogens is 358 g/mol. The van der Waals surface area contributed by atoms with Crippen LogP contribution in [0.5, 0.6) is 0 Å². The van der Waals surface area contributed by atoms with Gasteiger partial charge in [0.2, 0.25) is 0 Å². The highest BCUT2D eigenvalue weighted by atomic mass is 16.8. The fourth-order valence-corrected chi connectivity index (χ4v) is 3.95. The molecule has 0 radical (unpaired) electrons. The van der Waals surface area contributed by atoms with Crippen molar-refractivity contribution in [3.8, 4) is 0 Å². The average molecular weight is 381 g/mol. The van der Waals surface area contributed by atoms with Crippen LogP contribution in [0.3, 0.4) is 0 Å². The highest BCUT2D eigenvalue weighted by Gasteiger charge is 2.54. The maximum absolute atomic E-state index is 6.14. The summed E-state index contributed by atoms with van der Waals surface area (Å²) in [5, 5.41) is 3.35. The molecule has 2 saturated heterocycles. The summed E-state index contributed by atoms with van der Waals surface area (Å²) in [4.78, 5) is 13.4. The number of nitrogens with zero attached hydrogens (tertiary/aromatic N) is 4. The second kappa shape index (κ2) is 6.51. The number of hydrogen-bond donors (Lipinski definition) is 1. The topological polar surface area (TPSA) is 83.3 Å². The number of ether oxygens (including phenoxy) is 3. The zero-order chi connectivity index (χ0) is 19.3. The van der Waals surface area contributed by atoms with Gasteiger partial charge in [-0.2, -0.15) is 0 Å². The smallest absolute Gasteiger partial charge is 0.167 e. The van der Waals surface area contributed by atoms with Crippen LogP contribution >= 0.6 is 0 Å². The van der Waals surface area contributed by atoms with E-state index in [1.54, 1.807) is 12.7 Å². The summed E-state index contributed by atoms with van der Waals surface area (Å²) in [5.41, 5.74) is 2.58. The first-order chi connectivity index (χ1) is 13.5. The van der Waals surface area contributed by atoms with Crippen LogP contribution in [0.4, 0.5) is 5.82 Å². The van der Waals surface area contributed by atoms with E-state index in [2.05, 4.69) is 32.4 Å². The van der Waals surface area contributed by atoms with Crippen molar-refractivity contribution in [1.29, 1.82) is 0 Å². The number of aromatic nitrogens is 4. The van der Waals surface area contributed by atoms with Crippen LogP contribution in [-0.2, 0) is 20.8 Å². The van der Waals surface area contributed by atoms with Crippen molar-refractivity contribution >= 4 is 17.0 Å². The van der Waals surface area contributed by atoms with Gasteiger partial charge in [-0.15, -0.1) is 0 Å². The molecule has 0 bridgehead atoms. The predicted molar refractivity (Wildman–Crippen MR) is 103 cm³/mol. The van der Waals surface area contributed by atoms with E-state index < -0.39 is 5.79 Å². The van der Waals surface area contributed by atoms with Crippen molar-refractivity contribution in [3.63, 3.8) is 0 Å². The Bertz CT molecular complexity index is 990. The zero-order valence-electron chi connectivity index (χ0n) is 16.1. The van der Waals surface area contributed by atoms with Crippen LogP contribution in [0.25, 0.3) is 11.2 Å². The molecule has 2 fully saturated rings. The third-order valence-electron chi connectivity index (χ3n) is 5.20. The molecule has 3 aromatic rings. The molecule has 1 aromatic carbocycles. The minimum atomic E-state index is -0.626. The third-order valence-corrected chi connectivity index (χ3v) is 5.20. The lowest BCUT2D eigenvalue weighted by molar-refractivity contribution is -0.194. The molecule has 0 saturated carbocycles. The van der Waals surface area contributed by atoms with E-state index in [0.717, 1.165) is 0 Å². The lowest BCUT2D eigenvalue weighted by atomic mass is 10.1. The van der Waals surface area contributed by atoms with E-state index in [4.69, 9.17) is 14.2 Å². The predicted octanol–water partition coefficient (Wildman–Crippen LogP) is 2.88. The van der Waals surface area contributed by atoms with Crippen LogP contribution in [-0.4, -0.2) is 43.6 Å². The van der Waals surface area contributed by atoms with Gasteiger partial charge in [0.1, 0.15) is 18.5 Å². The summed E-state index contributed by atoms with van der Waals surface area (Å²) in [6, 6.07) is 10.2. The molecule has 28 heavy (non-hydrogen) atoms. The quantitative estimate of drug-likeness (QED) is 0.744. The molecule has 0 unspecified atom stereocenters. The Kier molecular flexibility index (Phi) is 4.08. The zero-order valence-corrected chi connectivity index (χ0v) is 16.1. The number of imidazole rings is 1. The minimum Gasteiger partial charge on any atom is -0.364 e. The third kappa shape index (κ3) is 2.94. The summed E-state index contributed by atoms with van der Waals surface area (Å²) in [6.07, 6.45) is 2.53. The van der Waals surface area contributed by atoms with Gasteiger partial charge >= 0.3 is 0 Å². The molecule has 8 heteroatoms. The normalized spacial score (nSPS) is 28.5. The van der Waals surface area contributed by atoms with Gasteiger partial charge in [-0.05, 0) is 26.3 Å². The first-order valence-corrected chi connectivity index (χ1v) is 9.48. The Labute approximate surface area is 162 Å². The van der Waals surface area contributed by atoms with E-state index in [1.807, 2.05) is 43.5 Å². The Hall–Kier alpha value is -2.55. The summed E-state index contributed by atoms with van der Waals surface area (Å²) in [7, 11) is 0. The lowest BCUT2D eigenvalue weighted by Crippen LogP contribution is -2.27. The van der Waals surface area contributed by atoms with Gasteiger partial charge in [0.25, 0.3) is 0 Å². The van der Waals surface area contributed by atoms with Crippen LogP contribution in [0.1, 0.15) is 32.6 Å². The fraction of sp³-hybridized carbons (Fsp3) is 0.450. The molecule has 4 atom stereocenters. The van der Waals surface area contributed by atoms with Crippen molar-refractivity contribution < 1.29 is 14.2 Å². The molecule has 146 valence electrons. The minimum absolute atomic E-state index is 0.0771. The van der Waals surface area contributed by atoms with Crippen molar-refractivity contribution in [3.05, 3.63) is 48.5 Å². The Morgan fingerprint density at radius 2 is 1.86 bits per heavy atom. The fourth-order valence-electron chi connectivity index (χ4n) is 3.95. The molecule has 2 aliphatic rings. The van der Waals surface area contributed by atoms with Crippen LogP contribution < -0.4 is 5.32 Å². The summed E-state index contributed by atoms with van der Waals surface area (Å²) < 4.78 is 20.2. The van der Waals surface area contributed by atoms with E-state index in [1.165, 1.54) is 5.56 Å². The average Bonchev–Trinajstić information content (AvgIpc) is 3.33. The number of anilines is 1. The second-order valence-corrected chi connectivity index (χ2v) is 7.68. The number of hydrogen-bond acceptors (Lipinski definition) is 7. The van der Waals surface area contributed by atoms with Crippen LogP contribution in [0.15, 0.2) is 43.0 Å². The highest BCUT2D eigenvalue weighted by molar-refractivity contribution is 5.82. The largest absolute Gasteiger partial charge is 0.364 e. The number of benzene rings is 1. The Morgan fingerprint density at radius 3 is 2.68 bits per heavy atom. The molecule has 4 heterocycles. The first kappa shape index (κ1) is 17.5. The molecule has 5 rings (SSSR count). The van der Waals surface area contributed by atoms with E-state index >= 15 is 0 Å². The molecule has 0 amide bonds. The van der Waals surface area contributed by atoms with Crippen molar-refractivity contribution in [2.75, 3.05) is 5.32 Å². The van der Waals surface area contributed by atoms with Gasteiger partial charge in [-0.1, -0.05) is 30.3 Å². The SMILES string of the molecule is C[C@H]1O[C@@H](n2cnc3c(NCc4ccccc4)ncnc32)[C@@H]2OC(C)(C)O[C@@H]21. The molecule has 0 aliphatic carbocycles. The standard InChI is InChI=1S/C20H23N5O3/c1-12-15-16(28-20(2,3)27-15)19(26-12)25-11-24-14-17(22-10-23-18(14)25)21-9-13-7-5-4-6-8-13/h4-8,10-12,15-16,19H,9H2,1-3H3,(H,21,22,23)/t12-,15-,16-,19-/m1/s1. The molecule has 2 aromatic heterocycles. The first-order valence-electron chi connectivity index (χ1n) is 9.48. The number of rotatable bonds is 4. The number of fused-ring (bicyclic) bond motifs is 2. The van der Waals surface area contributed by atoms with Crippen molar-refractivity contribution in [1.82, 2.24) is 19.5 Å².